The lowest BCUT2D eigenvalue weighted by Gasteiger charge is -2.15. The van der Waals surface area contributed by atoms with Gasteiger partial charge in [0.15, 0.2) is 0 Å². The van der Waals surface area contributed by atoms with Crippen molar-refractivity contribution in [3.8, 4) is 11.3 Å². The van der Waals surface area contributed by atoms with Crippen LogP contribution in [-0.4, -0.2) is 33.1 Å². The molecule has 0 saturated carbocycles. The topological polar surface area (TPSA) is 139 Å². The van der Waals surface area contributed by atoms with E-state index in [1.165, 1.54) is 12.1 Å². The van der Waals surface area contributed by atoms with Crippen molar-refractivity contribution in [3.05, 3.63) is 106 Å². The maximum atomic E-state index is 13.1. The van der Waals surface area contributed by atoms with Gasteiger partial charge in [0.2, 0.25) is 5.91 Å². The molecule has 1 aromatic heterocycles. The third-order valence-corrected chi connectivity index (χ3v) is 6.20. The third kappa shape index (κ3) is 4.64. The van der Waals surface area contributed by atoms with Crippen molar-refractivity contribution < 1.29 is 9.72 Å². The molecular formula is C27H24N6O3. The van der Waals surface area contributed by atoms with Crippen LogP contribution in [0.15, 0.2) is 84.2 Å². The Morgan fingerprint density at radius 3 is 2.53 bits per heavy atom. The number of nitrogens with zero attached hydrogens (tertiary/aromatic N) is 3. The van der Waals surface area contributed by atoms with E-state index in [9.17, 15) is 14.9 Å². The number of nitrogens with one attached hydrogen (secondary N) is 2. The second kappa shape index (κ2) is 9.93. The van der Waals surface area contributed by atoms with Gasteiger partial charge in [-0.3, -0.25) is 19.9 Å². The molecule has 0 bridgehead atoms. The first-order valence-electron chi connectivity index (χ1n) is 11.6. The number of H-pyrrole nitrogens is 1. The van der Waals surface area contributed by atoms with Crippen molar-refractivity contribution in [1.29, 1.82) is 0 Å². The molecule has 9 heteroatoms. The summed E-state index contributed by atoms with van der Waals surface area (Å²) in [5, 5.41) is 14.3. The molecule has 1 aliphatic heterocycles. The van der Waals surface area contributed by atoms with Crippen LogP contribution in [0.2, 0.25) is 0 Å². The lowest BCUT2D eigenvalue weighted by Crippen LogP contribution is -2.22. The molecule has 4 aromatic rings. The standard InChI is InChI=1S/C27H24N6O3/c28-13-1-2-17-3-5-19(6-4-17)26(31-20-9-7-18(8-10-20)24-15-29-16-30-24)25-22-14-21(33(35)36)11-12-23(22)32-27(25)34/h3-12,14-16,25H,1-2,13,28H2,(H,29,30)(H,32,34). The number of aryl methyl sites for hydroxylation is 1. The number of benzene rings is 3. The Hall–Kier alpha value is -4.63. The number of carbonyl (C=O) groups excluding carboxylic acids is 1. The van der Waals surface area contributed by atoms with Gasteiger partial charge in [-0.05, 0) is 54.3 Å². The maximum Gasteiger partial charge on any atom is 0.269 e. The second-order valence-corrected chi connectivity index (χ2v) is 8.55. The smallest absolute Gasteiger partial charge is 0.269 e. The van der Waals surface area contributed by atoms with Crippen LogP contribution in [-0.2, 0) is 11.2 Å². The summed E-state index contributed by atoms with van der Waals surface area (Å²) in [5.74, 6) is -1.06. The molecule has 180 valence electrons. The molecule has 1 aliphatic rings. The molecule has 1 amide bonds. The number of carbonyl (C=O) groups is 1. The van der Waals surface area contributed by atoms with Gasteiger partial charge >= 0.3 is 0 Å². The van der Waals surface area contributed by atoms with Gasteiger partial charge < -0.3 is 16.0 Å². The van der Waals surface area contributed by atoms with Gasteiger partial charge in [-0.15, -0.1) is 0 Å². The molecule has 1 atom stereocenters. The van der Waals surface area contributed by atoms with E-state index < -0.39 is 10.8 Å². The van der Waals surface area contributed by atoms with Gasteiger partial charge in [0.1, 0.15) is 5.92 Å². The average molecular weight is 481 g/mol. The van der Waals surface area contributed by atoms with E-state index in [1.807, 2.05) is 48.5 Å². The van der Waals surface area contributed by atoms with Crippen LogP contribution < -0.4 is 11.1 Å². The minimum absolute atomic E-state index is 0.0735. The molecule has 0 aliphatic carbocycles. The number of amides is 1. The molecule has 0 radical (unpaired) electrons. The van der Waals surface area contributed by atoms with Gasteiger partial charge in [0.25, 0.3) is 5.69 Å². The number of aromatic amines is 1. The van der Waals surface area contributed by atoms with E-state index in [4.69, 9.17) is 10.7 Å². The number of anilines is 1. The second-order valence-electron chi connectivity index (χ2n) is 8.55. The molecule has 2 heterocycles. The van der Waals surface area contributed by atoms with Crippen LogP contribution in [0.1, 0.15) is 29.0 Å². The van der Waals surface area contributed by atoms with Gasteiger partial charge in [-0.2, -0.15) is 0 Å². The predicted molar refractivity (Wildman–Crippen MR) is 139 cm³/mol. The summed E-state index contributed by atoms with van der Waals surface area (Å²) in [6, 6.07) is 19.9. The third-order valence-electron chi connectivity index (χ3n) is 6.20. The molecule has 36 heavy (non-hydrogen) atoms. The molecule has 1 unspecified atom stereocenters. The Morgan fingerprint density at radius 1 is 1.08 bits per heavy atom. The van der Waals surface area contributed by atoms with E-state index in [-0.39, 0.29) is 11.6 Å². The highest BCUT2D eigenvalue weighted by Crippen LogP contribution is 2.38. The van der Waals surface area contributed by atoms with Gasteiger partial charge in [-0.25, -0.2) is 4.98 Å². The van der Waals surface area contributed by atoms with Crippen molar-refractivity contribution in [2.24, 2.45) is 10.7 Å². The Kier molecular flexibility index (Phi) is 6.38. The Bertz CT molecular complexity index is 1430. The molecule has 4 N–H and O–H groups in total. The number of aromatic nitrogens is 2. The van der Waals surface area contributed by atoms with E-state index in [0.717, 1.165) is 35.2 Å². The van der Waals surface area contributed by atoms with Crippen LogP contribution >= 0.6 is 0 Å². The van der Waals surface area contributed by atoms with E-state index >= 15 is 0 Å². The zero-order valence-corrected chi connectivity index (χ0v) is 19.3. The number of non-ortho nitro benzene ring substituents is 1. The van der Waals surface area contributed by atoms with Crippen molar-refractivity contribution in [2.75, 3.05) is 11.9 Å². The molecule has 9 nitrogen and oxygen atoms in total. The Morgan fingerprint density at radius 2 is 1.86 bits per heavy atom. The van der Waals surface area contributed by atoms with Gasteiger partial charge in [0.05, 0.1) is 34.5 Å². The summed E-state index contributed by atoms with van der Waals surface area (Å²) in [7, 11) is 0. The number of imidazole rings is 1. The highest BCUT2D eigenvalue weighted by molar-refractivity contribution is 6.24. The largest absolute Gasteiger partial charge is 0.345 e. The fraction of sp³-hybridized carbons (Fsp3) is 0.148. The molecule has 0 spiro atoms. The quantitative estimate of drug-likeness (QED) is 0.190. The zero-order chi connectivity index (χ0) is 25.1. The summed E-state index contributed by atoms with van der Waals surface area (Å²) < 4.78 is 0. The van der Waals surface area contributed by atoms with E-state index in [1.54, 1.807) is 18.6 Å². The van der Waals surface area contributed by atoms with Crippen LogP contribution in [0, 0.1) is 10.1 Å². The highest BCUT2D eigenvalue weighted by atomic mass is 16.6. The first-order valence-corrected chi connectivity index (χ1v) is 11.6. The molecule has 3 aromatic carbocycles. The van der Waals surface area contributed by atoms with Crippen LogP contribution in [0.5, 0.6) is 0 Å². The normalized spacial score (nSPS) is 15.0. The van der Waals surface area contributed by atoms with E-state index in [2.05, 4.69) is 15.3 Å². The molecule has 0 saturated heterocycles. The number of nitro groups is 1. The van der Waals surface area contributed by atoms with Crippen LogP contribution in [0.3, 0.4) is 0 Å². The summed E-state index contributed by atoms with van der Waals surface area (Å²) in [5.41, 5.74) is 11.6. The van der Waals surface area contributed by atoms with Crippen molar-refractivity contribution in [2.45, 2.75) is 18.8 Å². The fourth-order valence-corrected chi connectivity index (χ4v) is 4.35. The van der Waals surface area contributed by atoms with Gasteiger partial charge in [0, 0.05) is 23.4 Å². The van der Waals surface area contributed by atoms with Crippen LogP contribution in [0.25, 0.3) is 11.3 Å². The zero-order valence-electron chi connectivity index (χ0n) is 19.3. The fourth-order valence-electron chi connectivity index (χ4n) is 4.35. The average Bonchev–Trinajstić information content (AvgIpc) is 3.54. The number of aliphatic imine (C=N–C) groups is 1. The molecular weight excluding hydrogens is 456 g/mol. The van der Waals surface area contributed by atoms with Crippen molar-refractivity contribution >= 4 is 28.7 Å². The number of nitro benzene ring substituents is 1. The van der Waals surface area contributed by atoms with Gasteiger partial charge in [-0.1, -0.05) is 36.4 Å². The predicted octanol–water partition coefficient (Wildman–Crippen LogP) is 4.73. The summed E-state index contributed by atoms with van der Waals surface area (Å²) >= 11 is 0. The minimum Gasteiger partial charge on any atom is -0.345 e. The lowest BCUT2D eigenvalue weighted by molar-refractivity contribution is -0.384. The molecule has 5 rings (SSSR count). The SMILES string of the molecule is NCCCc1ccc(C(=Nc2ccc(-c3cnc[nH]3)cc2)C2C(=O)Nc3ccc([N+](=O)[O-])cc32)cc1. The van der Waals surface area contributed by atoms with E-state index in [0.29, 0.717) is 29.2 Å². The summed E-state index contributed by atoms with van der Waals surface area (Å²) in [4.78, 5) is 36.1. The molecule has 0 fully saturated rings. The summed E-state index contributed by atoms with van der Waals surface area (Å²) in [6.07, 6.45) is 5.09. The number of hydrogen-bond acceptors (Lipinski definition) is 6. The number of nitrogens with two attached hydrogens (primary N) is 1. The number of rotatable bonds is 8. The monoisotopic (exact) mass is 480 g/mol. The minimum atomic E-state index is -0.790. The van der Waals surface area contributed by atoms with Crippen molar-refractivity contribution in [3.63, 3.8) is 0 Å². The Balaban J connectivity index is 1.58. The number of hydrogen-bond donors (Lipinski definition) is 3. The van der Waals surface area contributed by atoms with Crippen LogP contribution in [0.4, 0.5) is 17.1 Å². The lowest BCUT2D eigenvalue weighted by atomic mass is 9.89. The Labute approximate surface area is 207 Å². The first kappa shape index (κ1) is 23.1. The number of fused-ring (bicyclic) bond motifs is 1. The first-order chi connectivity index (χ1) is 17.5. The van der Waals surface area contributed by atoms with Crippen molar-refractivity contribution in [1.82, 2.24) is 9.97 Å². The summed E-state index contributed by atoms with van der Waals surface area (Å²) in [6.45, 7) is 0.612. The maximum absolute atomic E-state index is 13.1. The highest BCUT2D eigenvalue weighted by Gasteiger charge is 2.36.